The van der Waals surface area contributed by atoms with Gasteiger partial charge in [-0.15, -0.1) is 0 Å². The predicted molar refractivity (Wildman–Crippen MR) is 131 cm³/mol. The number of hydrogen-bond donors (Lipinski definition) is 1. The molecule has 0 unspecified atom stereocenters. The van der Waals surface area contributed by atoms with Crippen molar-refractivity contribution in [1.82, 2.24) is 4.90 Å². The average molecular weight is 529 g/mol. The Morgan fingerprint density at radius 3 is 2.00 bits per heavy atom. The molecule has 1 amide bonds. The molecule has 0 radical (unpaired) electrons. The summed E-state index contributed by atoms with van der Waals surface area (Å²) >= 11 is 11.6. The molecular weight excluding hydrogens is 502 g/mol. The summed E-state index contributed by atoms with van der Waals surface area (Å²) in [5.41, 5.74) is 0.740. The number of carboxylic acid groups (broad SMARTS) is 1. The summed E-state index contributed by atoms with van der Waals surface area (Å²) in [5.74, 6) is -2.15. The first-order valence-corrected chi connectivity index (χ1v) is 11.4. The summed E-state index contributed by atoms with van der Waals surface area (Å²) < 4.78 is 22.5. The number of hydrogen-bond acceptors (Lipinski definition) is 6. The van der Waals surface area contributed by atoms with E-state index in [-0.39, 0.29) is 16.7 Å². The number of amides is 1. The third-order valence-corrected chi connectivity index (χ3v) is 5.40. The van der Waals surface area contributed by atoms with E-state index in [9.17, 15) is 18.8 Å². The standard InChI is InChI=1S/C17H23ClN2O4.C7H4ClFO2/c1-17(2,3)24-16(22)20-9-7-19(8-10-20)14-6-5-12(11-13(14)18)15(21)23-4;8-5-3-4(7(10)11)1-2-6(5)9/h5-6,11H,7-10H2,1-4H3;1-3H,(H,10,11). The molecule has 1 fully saturated rings. The molecule has 0 spiro atoms. The van der Waals surface area contributed by atoms with Crippen molar-refractivity contribution < 1.29 is 33.4 Å². The second-order valence-corrected chi connectivity index (χ2v) is 9.36. The zero-order valence-corrected chi connectivity index (χ0v) is 21.3. The smallest absolute Gasteiger partial charge is 0.410 e. The maximum absolute atomic E-state index is 12.4. The fourth-order valence-electron chi connectivity index (χ4n) is 3.09. The summed E-state index contributed by atoms with van der Waals surface area (Å²) in [6.07, 6.45) is -0.297. The van der Waals surface area contributed by atoms with Gasteiger partial charge in [0.2, 0.25) is 0 Å². The van der Waals surface area contributed by atoms with Gasteiger partial charge in [0.1, 0.15) is 11.4 Å². The van der Waals surface area contributed by atoms with Crippen LogP contribution in [0.3, 0.4) is 0 Å². The number of rotatable bonds is 3. The van der Waals surface area contributed by atoms with Gasteiger partial charge >= 0.3 is 18.0 Å². The molecule has 0 saturated carbocycles. The Labute approximate surface area is 213 Å². The molecule has 11 heteroatoms. The molecule has 35 heavy (non-hydrogen) atoms. The summed E-state index contributed by atoms with van der Waals surface area (Å²) in [7, 11) is 1.33. The average Bonchev–Trinajstić information content (AvgIpc) is 2.79. The molecule has 1 aliphatic heterocycles. The van der Waals surface area contributed by atoms with Gasteiger partial charge < -0.3 is 24.4 Å². The summed E-state index contributed by atoms with van der Waals surface area (Å²) in [6, 6.07) is 8.34. The van der Waals surface area contributed by atoms with E-state index in [0.29, 0.717) is 36.8 Å². The molecule has 2 aromatic carbocycles. The van der Waals surface area contributed by atoms with Gasteiger partial charge in [0.05, 0.1) is 34.0 Å². The van der Waals surface area contributed by atoms with Crippen molar-refractivity contribution in [2.45, 2.75) is 26.4 Å². The van der Waals surface area contributed by atoms with Crippen molar-refractivity contribution in [3.8, 4) is 0 Å². The van der Waals surface area contributed by atoms with Gasteiger partial charge in [-0.05, 0) is 57.2 Å². The number of piperazine rings is 1. The molecule has 1 aliphatic rings. The van der Waals surface area contributed by atoms with Crippen molar-refractivity contribution >= 4 is 46.9 Å². The molecule has 190 valence electrons. The topological polar surface area (TPSA) is 96.4 Å². The second kappa shape index (κ2) is 12.1. The molecular formula is C24H27Cl2FN2O6. The quantitative estimate of drug-likeness (QED) is 0.535. The van der Waals surface area contributed by atoms with Crippen LogP contribution in [0.15, 0.2) is 36.4 Å². The Morgan fingerprint density at radius 2 is 1.51 bits per heavy atom. The number of aromatic carboxylic acids is 1. The Kier molecular flexibility index (Phi) is 9.73. The molecule has 1 heterocycles. The normalized spacial score (nSPS) is 13.5. The third kappa shape index (κ3) is 8.29. The number of benzene rings is 2. The molecule has 1 N–H and O–H groups in total. The zero-order valence-electron chi connectivity index (χ0n) is 19.8. The second-order valence-electron chi connectivity index (χ2n) is 8.55. The van der Waals surface area contributed by atoms with Crippen LogP contribution in [-0.4, -0.2) is 66.9 Å². The SMILES string of the molecule is COC(=O)c1ccc(N2CCN(C(=O)OC(C)(C)C)CC2)c(Cl)c1.O=C(O)c1ccc(F)c(Cl)c1. The van der Waals surface area contributed by atoms with Gasteiger partial charge in [0, 0.05) is 26.2 Å². The molecule has 1 saturated heterocycles. The maximum atomic E-state index is 12.4. The van der Waals surface area contributed by atoms with Crippen LogP contribution in [0.2, 0.25) is 10.0 Å². The number of carboxylic acids is 1. The van der Waals surface area contributed by atoms with E-state index in [0.717, 1.165) is 23.9 Å². The van der Waals surface area contributed by atoms with Crippen LogP contribution in [0, 0.1) is 5.82 Å². The molecule has 0 aliphatic carbocycles. The lowest BCUT2D eigenvalue weighted by Gasteiger charge is -2.37. The number of esters is 1. The molecule has 0 aromatic heterocycles. The van der Waals surface area contributed by atoms with E-state index < -0.39 is 23.4 Å². The highest BCUT2D eigenvalue weighted by molar-refractivity contribution is 6.33. The molecule has 3 rings (SSSR count). The first-order valence-electron chi connectivity index (χ1n) is 10.6. The highest BCUT2D eigenvalue weighted by Gasteiger charge is 2.26. The summed E-state index contributed by atoms with van der Waals surface area (Å²) in [5, 5.41) is 8.73. The molecule has 0 bridgehead atoms. The van der Waals surface area contributed by atoms with Crippen LogP contribution in [0.4, 0.5) is 14.9 Å². The fourth-order valence-corrected chi connectivity index (χ4v) is 3.57. The number of halogens is 3. The van der Waals surface area contributed by atoms with E-state index in [2.05, 4.69) is 9.64 Å². The minimum Gasteiger partial charge on any atom is -0.478 e. The lowest BCUT2D eigenvalue weighted by Crippen LogP contribution is -2.50. The lowest BCUT2D eigenvalue weighted by molar-refractivity contribution is 0.0240. The van der Waals surface area contributed by atoms with Gasteiger partial charge in [-0.25, -0.2) is 18.8 Å². The highest BCUT2D eigenvalue weighted by Crippen LogP contribution is 2.28. The van der Waals surface area contributed by atoms with Crippen molar-refractivity contribution in [1.29, 1.82) is 0 Å². The van der Waals surface area contributed by atoms with Crippen molar-refractivity contribution in [3.05, 3.63) is 63.4 Å². The Hall–Kier alpha value is -3.04. The van der Waals surface area contributed by atoms with E-state index in [1.54, 1.807) is 23.1 Å². The fraction of sp³-hybridized carbons (Fsp3) is 0.375. The minimum absolute atomic E-state index is 0.0172. The van der Waals surface area contributed by atoms with Gasteiger partial charge in [-0.3, -0.25) is 0 Å². The van der Waals surface area contributed by atoms with Gasteiger partial charge in [0.15, 0.2) is 0 Å². The molecule has 2 aromatic rings. The van der Waals surface area contributed by atoms with Crippen molar-refractivity contribution in [3.63, 3.8) is 0 Å². The monoisotopic (exact) mass is 528 g/mol. The first kappa shape index (κ1) is 28.2. The van der Waals surface area contributed by atoms with Crippen molar-refractivity contribution in [2.75, 3.05) is 38.2 Å². The van der Waals surface area contributed by atoms with E-state index in [1.807, 2.05) is 20.8 Å². The van der Waals surface area contributed by atoms with Crippen LogP contribution in [-0.2, 0) is 9.47 Å². The number of carbonyl (C=O) groups is 3. The van der Waals surface area contributed by atoms with E-state index >= 15 is 0 Å². The molecule has 0 atom stereocenters. The summed E-state index contributed by atoms with van der Waals surface area (Å²) in [4.78, 5) is 37.7. The zero-order chi connectivity index (χ0) is 26.3. The predicted octanol–water partition coefficient (Wildman–Crippen LogP) is 5.36. The number of methoxy groups -OCH3 is 1. The first-order chi connectivity index (χ1) is 16.3. The van der Waals surface area contributed by atoms with Crippen LogP contribution < -0.4 is 4.90 Å². The largest absolute Gasteiger partial charge is 0.478 e. The van der Waals surface area contributed by atoms with E-state index in [1.165, 1.54) is 7.11 Å². The van der Waals surface area contributed by atoms with E-state index in [4.69, 9.17) is 33.0 Å². The van der Waals surface area contributed by atoms with Crippen LogP contribution in [0.5, 0.6) is 0 Å². The van der Waals surface area contributed by atoms with Gasteiger partial charge in [-0.2, -0.15) is 0 Å². The van der Waals surface area contributed by atoms with Gasteiger partial charge in [-0.1, -0.05) is 23.2 Å². The third-order valence-electron chi connectivity index (χ3n) is 4.81. The number of ether oxygens (including phenoxy) is 2. The minimum atomic E-state index is -1.12. The number of carbonyl (C=O) groups excluding carboxylic acids is 2. The van der Waals surface area contributed by atoms with Crippen LogP contribution in [0.1, 0.15) is 41.5 Å². The number of anilines is 1. The van der Waals surface area contributed by atoms with Crippen LogP contribution >= 0.6 is 23.2 Å². The Morgan fingerprint density at radius 1 is 0.943 bits per heavy atom. The summed E-state index contributed by atoms with van der Waals surface area (Å²) in [6.45, 7) is 7.97. The number of nitrogens with zero attached hydrogens (tertiary/aromatic N) is 2. The lowest BCUT2D eigenvalue weighted by atomic mass is 10.1. The van der Waals surface area contributed by atoms with Gasteiger partial charge in [0.25, 0.3) is 0 Å². The maximum Gasteiger partial charge on any atom is 0.410 e. The Bertz CT molecular complexity index is 1080. The highest BCUT2D eigenvalue weighted by atomic mass is 35.5. The van der Waals surface area contributed by atoms with Crippen molar-refractivity contribution in [2.24, 2.45) is 0 Å². The Balaban J connectivity index is 0.000000328. The van der Waals surface area contributed by atoms with Crippen LogP contribution in [0.25, 0.3) is 0 Å². The molecule has 8 nitrogen and oxygen atoms in total.